The molecule has 8 rings (SSSR count). The van der Waals surface area contributed by atoms with Crippen LogP contribution in [0.25, 0.3) is 33.5 Å². The van der Waals surface area contributed by atoms with Crippen LogP contribution in [0.2, 0.25) is 0 Å². The number of aliphatic hydroxyl groups excluding tert-OH is 2. The Hall–Kier alpha value is -6.20. The average molecular weight is 985 g/mol. The highest BCUT2D eigenvalue weighted by Crippen LogP contribution is 2.42. The molecular formula is C39H53N16O11PS. The lowest BCUT2D eigenvalue weighted by molar-refractivity contribution is -0.124. The maximum absolute atomic E-state index is 13.4. The molecule has 27 nitrogen and oxygen atoms in total. The van der Waals surface area contributed by atoms with Crippen molar-refractivity contribution in [1.29, 1.82) is 0 Å². The molecule has 0 aliphatic carbocycles. The van der Waals surface area contributed by atoms with E-state index in [1.165, 1.54) is 42.0 Å². The van der Waals surface area contributed by atoms with Crippen LogP contribution in [0.15, 0.2) is 65.2 Å². The van der Waals surface area contributed by atoms with E-state index < -0.39 is 23.8 Å². The molecule has 1 aliphatic heterocycles. The van der Waals surface area contributed by atoms with Crippen molar-refractivity contribution in [3.05, 3.63) is 81.9 Å². The number of imidazole rings is 3. The van der Waals surface area contributed by atoms with Crippen LogP contribution in [0, 0.1) is 0 Å². The summed E-state index contributed by atoms with van der Waals surface area (Å²) in [6.07, 6.45) is 7.41. The van der Waals surface area contributed by atoms with Crippen LogP contribution in [0.3, 0.4) is 0 Å². The fourth-order valence-electron chi connectivity index (χ4n) is 6.30. The summed E-state index contributed by atoms with van der Waals surface area (Å²) < 4.78 is 40.4. The van der Waals surface area contributed by atoms with Gasteiger partial charge in [-0.05, 0) is 32.3 Å². The highest BCUT2D eigenvalue weighted by atomic mass is 32.2. The lowest BCUT2D eigenvalue weighted by atomic mass is 10.2. The lowest BCUT2D eigenvalue weighted by Crippen LogP contribution is -2.29. The smallest absolute Gasteiger partial charge is 0.280 e. The first kappa shape index (κ1) is 51.2. The minimum atomic E-state index is -3.33. The number of nitrogens with two attached hydrogens (primary N) is 3. The number of hydrogen-bond acceptors (Lipinski definition) is 22. The summed E-state index contributed by atoms with van der Waals surface area (Å²) in [7, 11) is -3.33. The molecule has 0 spiro atoms. The van der Waals surface area contributed by atoms with E-state index in [9.17, 15) is 24.1 Å². The normalized spacial score (nSPS) is 15.8. The molecule has 68 heavy (non-hydrogen) atoms. The van der Waals surface area contributed by atoms with E-state index in [0.717, 1.165) is 30.2 Å². The van der Waals surface area contributed by atoms with E-state index >= 15 is 0 Å². The van der Waals surface area contributed by atoms with Gasteiger partial charge in [0.1, 0.15) is 37.1 Å². The largest absolute Gasteiger partial charge is 0.394 e. The molecule has 0 amide bonds. The van der Waals surface area contributed by atoms with Gasteiger partial charge in [-0.25, -0.2) is 30.0 Å². The van der Waals surface area contributed by atoms with Crippen LogP contribution in [0.1, 0.15) is 38.5 Å². The molecule has 12 N–H and O–H groups in total. The van der Waals surface area contributed by atoms with Crippen LogP contribution in [0.4, 0.5) is 17.7 Å². The van der Waals surface area contributed by atoms with E-state index in [1.54, 1.807) is 6.33 Å². The van der Waals surface area contributed by atoms with Crippen molar-refractivity contribution < 1.29 is 43.4 Å². The molecular weight excluding hydrogens is 932 g/mol. The number of aliphatic hydroxyl groups is 3. The molecule has 29 heteroatoms. The Balaban J connectivity index is 0.000000190. The Morgan fingerprint density at radius 1 is 0.868 bits per heavy atom. The van der Waals surface area contributed by atoms with E-state index in [4.69, 9.17) is 46.1 Å². The zero-order chi connectivity index (χ0) is 48.8. The highest BCUT2D eigenvalue weighted by Gasteiger charge is 2.28. The maximum atomic E-state index is 13.4. The van der Waals surface area contributed by atoms with Gasteiger partial charge in [0.05, 0.1) is 64.3 Å². The van der Waals surface area contributed by atoms with Crippen molar-refractivity contribution in [1.82, 2.24) is 63.6 Å². The molecule has 366 valence electrons. The molecule has 1 aromatic carbocycles. The second kappa shape index (κ2) is 23.7. The molecule has 0 radical (unpaired) electrons. The average Bonchev–Trinajstić information content (AvgIpc) is 4.14. The van der Waals surface area contributed by atoms with Gasteiger partial charge in [0.2, 0.25) is 17.0 Å². The fraction of sp³-hybridized carbons (Fsp3) is 0.436. The van der Waals surface area contributed by atoms with E-state index in [1.807, 2.05) is 34.9 Å². The number of carbonyl (C=O) groups is 1. The summed E-state index contributed by atoms with van der Waals surface area (Å²) in [6.45, 7) is 3.63. The first-order chi connectivity index (χ1) is 32.6. The summed E-state index contributed by atoms with van der Waals surface area (Å²) in [5.41, 5.74) is 17.6. The first-order valence-electron chi connectivity index (χ1n) is 20.9. The topological polar surface area (TPSA) is 393 Å². The van der Waals surface area contributed by atoms with Crippen LogP contribution < -0.4 is 33.4 Å². The zero-order valence-corrected chi connectivity index (χ0v) is 38.7. The number of thioether (sulfide) groups is 1. The third-order valence-electron chi connectivity index (χ3n) is 9.68. The van der Waals surface area contributed by atoms with Gasteiger partial charge >= 0.3 is 0 Å². The quantitative estimate of drug-likeness (QED) is 0.0392. The van der Waals surface area contributed by atoms with Crippen LogP contribution >= 0.6 is 19.3 Å². The Morgan fingerprint density at radius 2 is 1.49 bits per heavy atom. The number of nitrogens with one attached hydrogen (secondary N) is 3. The minimum Gasteiger partial charge on any atom is -0.394 e. The zero-order valence-electron chi connectivity index (χ0n) is 37.0. The third-order valence-corrected chi connectivity index (χ3v) is 12.8. The Labute approximate surface area is 390 Å². The number of H-pyrrole nitrogens is 2. The predicted molar refractivity (Wildman–Crippen MR) is 250 cm³/mol. The predicted octanol–water partition coefficient (Wildman–Crippen LogP) is 0.453. The van der Waals surface area contributed by atoms with Crippen molar-refractivity contribution in [2.45, 2.75) is 64.6 Å². The third kappa shape index (κ3) is 13.7. The van der Waals surface area contributed by atoms with Crippen LogP contribution in [-0.4, -0.2) is 136 Å². The number of ether oxygens (including phenoxy) is 3. The van der Waals surface area contributed by atoms with Gasteiger partial charge in [-0.1, -0.05) is 42.1 Å². The van der Waals surface area contributed by atoms with Crippen molar-refractivity contribution in [3.63, 3.8) is 0 Å². The Bertz CT molecular complexity index is 2920. The second-order valence-electron chi connectivity index (χ2n) is 15.3. The van der Waals surface area contributed by atoms with Gasteiger partial charge in [-0.15, -0.1) is 0 Å². The number of hydrogen-bond donors (Lipinski definition) is 9. The minimum absolute atomic E-state index is 0.0149. The summed E-state index contributed by atoms with van der Waals surface area (Å²) >= 11 is 0.919. The highest BCUT2D eigenvalue weighted by molar-refractivity contribution is 8.13. The molecule has 7 aromatic rings. The molecule has 3 atom stereocenters. The van der Waals surface area contributed by atoms with Crippen molar-refractivity contribution in [2.75, 3.05) is 62.2 Å². The van der Waals surface area contributed by atoms with Gasteiger partial charge in [-0.3, -0.25) is 42.6 Å². The number of benzene rings is 1. The number of aromatic nitrogens is 12. The van der Waals surface area contributed by atoms with Crippen LogP contribution in [0.5, 0.6) is 0 Å². The standard InChI is InChI=1S/C21H29N6O6PS.C10H13N5O2.C8H11N5O3/c1-21(2,30)19(29)35-11-9-33-34(31,24-12-15-6-4-3-5-7-15)10-8-32-14-27-13-23-16-17(27)25-20(22)26-18(16)28;11-9-8-10(13-4-12-9)15(5-14-8)7-2-1-6(3-16)17-7;9-8-11-6-5(7(15)12-8)10-3-13(6)4-16-2-1-14/h3-7,13,30H,8-12,14H2,1-2H3,(H,24,31)(H3,22,25,26,28);4-7,16H,1-3H2,(H2,11,12,13);3,14H,1-2,4H2,(H3,9,11,12,15)/t;6-,7+;/m.1./s1. The number of anilines is 3. The summed E-state index contributed by atoms with van der Waals surface area (Å²) in [4.78, 5) is 68.1. The molecule has 1 aliphatic rings. The van der Waals surface area contributed by atoms with Crippen molar-refractivity contribution in [3.8, 4) is 0 Å². The molecule has 1 fully saturated rings. The number of rotatable bonds is 19. The maximum Gasteiger partial charge on any atom is 0.280 e. The summed E-state index contributed by atoms with van der Waals surface area (Å²) in [6, 6.07) is 9.45. The Kier molecular flexibility index (Phi) is 17.8. The molecule has 7 heterocycles. The molecule has 1 saturated heterocycles. The van der Waals surface area contributed by atoms with Crippen molar-refractivity contribution in [2.24, 2.45) is 0 Å². The fourth-order valence-corrected chi connectivity index (χ4v) is 8.69. The number of nitrogens with zero attached hydrogens (tertiary/aromatic N) is 10. The van der Waals surface area contributed by atoms with E-state index in [2.05, 4.69) is 49.9 Å². The number of aromatic amines is 2. The summed E-state index contributed by atoms with van der Waals surface area (Å²) in [5, 5.41) is 29.9. The second-order valence-corrected chi connectivity index (χ2v) is 18.7. The van der Waals surface area contributed by atoms with Gasteiger partial charge in [0.15, 0.2) is 33.8 Å². The SMILES string of the molecule is CC(C)(O)C(=O)SCCOP(=O)(CCOCn1cnc2c(=O)[nH]c(N)nc21)NCc1ccccc1.Nc1nc2c(ncn2COCCO)c(=O)[nH]1.Nc1ncnc2c1ncn2[C@@H]1CC[C@H](CO)O1. The lowest BCUT2D eigenvalue weighted by Gasteiger charge is -2.20. The number of carbonyl (C=O) groups excluding carboxylic acids is 1. The van der Waals surface area contributed by atoms with Gasteiger partial charge in [0.25, 0.3) is 18.6 Å². The monoisotopic (exact) mass is 984 g/mol. The van der Waals surface area contributed by atoms with Crippen LogP contribution in [-0.2, 0) is 48.1 Å². The van der Waals surface area contributed by atoms with Gasteiger partial charge in [-0.2, -0.15) is 9.97 Å². The number of fused-ring (bicyclic) bond motifs is 3. The summed E-state index contributed by atoms with van der Waals surface area (Å²) in [5.74, 6) is 0.601. The van der Waals surface area contributed by atoms with Gasteiger partial charge in [0, 0.05) is 12.3 Å². The van der Waals surface area contributed by atoms with E-state index in [0.29, 0.717) is 29.2 Å². The molecule has 0 saturated carbocycles. The molecule has 0 bridgehead atoms. The van der Waals surface area contributed by atoms with Crippen molar-refractivity contribution >= 4 is 75.6 Å². The van der Waals surface area contributed by atoms with Gasteiger partial charge < -0.3 is 51.3 Å². The number of nitrogen functional groups attached to an aromatic ring is 3. The van der Waals surface area contributed by atoms with E-state index in [-0.39, 0.29) is 105 Å². The molecule has 1 unspecified atom stereocenters. The first-order valence-corrected chi connectivity index (χ1v) is 23.7. The molecule has 6 aromatic heterocycles. The Morgan fingerprint density at radius 3 is 2.07 bits per heavy atom.